The zero-order chi connectivity index (χ0) is 43.4. The monoisotopic (exact) mass is 816 g/mol. The standard InChI is InChI=1S/C48H69N2O7P/c1-13-47(11,14-2)45(53)49-26-22-17-18-23-27-50-46(54)56-30-39-35(8)40(31-57-48(12,15-3)16-4)37(10)42(36(39)9)44(52)58(55,38-24-20-19-21-25-38)43(51)41-33(6)28-32(5)29-34(41)7/h19-21,24-25,28-29H,13-18,22-23,26-27,30-31H2,1-12H3,(H,49,53)(H,50,54). The van der Waals surface area contributed by atoms with Gasteiger partial charge in [-0.3, -0.25) is 14.4 Å². The average molecular weight is 817 g/mol. The Morgan fingerprint density at radius 2 is 1.14 bits per heavy atom. The van der Waals surface area contributed by atoms with E-state index < -0.39 is 29.9 Å². The summed E-state index contributed by atoms with van der Waals surface area (Å²) in [5, 5.41) is 6.07. The van der Waals surface area contributed by atoms with Crippen LogP contribution in [0.2, 0.25) is 0 Å². The van der Waals surface area contributed by atoms with Crippen molar-refractivity contribution >= 4 is 35.5 Å². The van der Waals surface area contributed by atoms with E-state index in [9.17, 15) is 14.4 Å². The van der Waals surface area contributed by atoms with Crippen LogP contribution in [-0.4, -0.2) is 41.7 Å². The van der Waals surface area contributed by atoms with E-state index in [2.05, 4.69) is 24.5 Å². The highest BCUT2D eigenvalue weighted by atomic mass is 31.2. The molecule has 0 aliphatic heterocycles. The summed E-state index contributed by atoms with van der Waals surface area (Å²) < 4.78 is 27.9. The van der Waals surface area contributed by atoms with Gasteiger partial charge in [-0.15, -0.1) is 0 Å². The maximum atomic E-state index is 15.6. The molecule has 58 heavy (non-hydrogen) atoms. The van der Waals surface area contributed by atoms with Crippen molar-refractivity contribution in [2.24, 2.45) is 5.41 Å². The number of unbranched alkanes of at least 4 members (excludes halogenated alkanes) is 3. The predicted octanol–water partition coefficient (Wildman–Crippen LogP) is 11.0. The van der Waals surface area contributed by atoms with Crippen molar-refractivity contribution in [3.63, 3.8) is 0 Å². The molecule has 0 spiro atoms. The SMILES string of the molecule is CCC(C)(CC)OCc1c(C)c(COC(=O)NCCCCCCNC(=O)C(C)(CC)CC)c(C)c(C(=O)P(=O)(C(=O)c2c(C)cc(C)cc2C)c2ccccc2)c1C. The van der Waals surface area contributed by atoms with Gasteiger partial charge in [0.05, 0.1) is 12.2 Å². The summed E-state index contributed by atoms with van der Waals surface area (Å²) in [5.41, 5.74) is 3.82. The van der Waals surface area contributed by atoms with Gasteiger partial charge in [0.15, 0.2) is 0 Å². The fourth-order valence-electron chi connectivity index (χ4n) is 7.55. The zero-order valence-electron chi connectivity index (χ0n) is 37.3. The first-order valence-electron chi connectivity index (χ1n) is 21.1. The number of carbonyl (C=O) groups is 4. The van der Waals surface area contributed by atoms with Crippen LogP contribution in [0.4, 0.5) is 4.79 Å². The molecule has 10 heteroatoms. The Labute approximate surface area is 348 Å². The molecule has 1 atom stereocenters. The molecule has 0 aliphatic rings. The molecule has 3 rings (SSSR count). The number of benzene rings is 3. The first-order valence-corrected chi connectivity index (χ1v) is 22.8. The lowest BCUT2D eigenvalue weighted by molar-refractivity contribution is -0.130. The van der Waals surface area contributed by atoms with E-state index in [0.717, 1.165) is 68.1 Å². The summed E-state index contributed by atoms with van der Waals surface area (Å²) in [5.74, 6) is 0.101. The van der Waals surface area contributed by atoms with Crippen molar-refractivity contribution in [1.29, 1.82) is 0 Å². The molecule has 9 nitrogen and oxygen atoms in total. The highest BCUT2D eigenvalue weighted by Gasteiger charge is 2.45. The summed E-state index contributed by atoms with van der Waals surface area (Å²) in [6, 6.07) is 12.1. The van der Waals surface area contributed by atoms with Crippen LogP contribution in [0.5, 0.6) is 0 Å². The molecular formula is C48H69N2O7P. The predicted molar refractivity (Wildman–Crippen MR) is 236 cm³/mol. The molecule has 0 aliphatic carbocycles. The molecule has 3 aromatic rings. The van der Waals surface area contributed by atoms with E-state index >= 15 is 9.36 Å². The summed E-state index contributed by atoms with van der Waals surface area (Å²) in [7, 11) is -4.48. The first-order chi connectivity index (χ1) is 27.3. The van der Waals surface area contributed by atoms with Gasteiger partial charge >= 0.3 is 6.09 Å². The van der Waals surface area contributed by atoms with Crippen molar-refractivity contribution in [3.8, 4) is 0 Å². The van der Waals surface area contributed by atoms with Crippen LogP contribution < -0.4 is 15.9 Å². The van der Waals surface area contributed by atoms with Crippen LogP contribution >= 0.6 is 7.14 Å². The van der Waals surface area contributed by atoms with Gasteiger partial charge < -0.3 is 24.7 Å². The molecular weight excluding hydrogens is 748 g/mol. The molecule has 0 bridgehead atoms. The number of rotatable bonds is 22. The Bertz CT molecular complexity index is 1960. The molecule has 3 aromatic carbocycles. The number of amides is 2. The third kappa shape index (κ3) is 11.1. The van der Waals surface area contributed by atoms with Crippen LogP contribution in [0, 0.1) is 47.0 Å². The Morgan fingerprint density at radius 1 is 0.638 bits per heavy atom. The number of aryl methyl sites for hydroxylation is 3. The molecule has 0 fully saturated rings. The molecule has 318 valence electrons. The van der Waals surface area contributed by atoms with Crippen LogP contribution in [0.25, 0.3) is 0 Å². The quantitative estimate of drug-likeness (QED) is 0.0763. The first kappa shape index (κ1) is 48.3. The summed E-state index contributed by atoms with van der Waals surface area (Å²) >= 11 is 0. The second-order valence-corrected chi connectivity index (χ2v) is 19.0. The molecule has 0 saturated carbocycles. The van der Waals surface area contributed by atoms with Gasteiger partial charge in [0, 0.05) is 34.9 Å². The van der Waals surface area contributed by atoms with Crippen LogP contribution in [0.1, 0.15) is 158 Å². The van der Waals surface area contributed by atoms with Gasteiger partial charge in [0.2, 0.25) is 24.1 Å². The number of hydrogen-bond acceptors (Lipinski definition) is 7. The second-order valence-electron chi connectivity index (χ2n) is 16.4. The minimum Gasteiger partial charge on any atom is -0.445 e. The van der Waals surface area contributed by atoms with E-state index in [1.54, 1.807) is 37.3 Å². The third-order valence-corrected chi connectivity index (χ3v) is 15.1. The minimum absolute atomic E-state index is 0.101. The fraction of sp³-hybridized carbons (Fsp3) is 0.542. The lowest BCUT2D eigenvalue weighted by Gasteiger charge is -2.30. The van der Waals surface area contributed by atoms with Crippen LogP contribution in [0.3, 0.4) is 0 Å². The van der Waals surface area contributed by atoms with Gasteiger partial charge in [-0.05, 0) is 126 Å². The molecule has 2 amide bonds. The van der Waals surface area contributed by atoms with E-state index in [4.69, 9.17) is 9.47 Å². The Morgan fingerprint density at radius 3 is 1.66 bits per heavy atom. The number of ether oxygens (including phenoxy) is 2. The lowest BCUT2D eigenvalue weighted by atomic mass is 9.84. The maximum absolute atomic E-state index is 15.6. The molecule has 0 aromatic heterocycles. The molecule has 2 N–H and O–H groups in total. The molecule has 0 saturated heterocycles. The summed E-state index contributed by atoms with van der Waals surface area (Å²) in [4.78, 5) is 55.5. The Kier molecular flexibility index (Phi) is 17.7. The third-order valence-electron chi connectivity index (χ3n) is 12.5. The number of nitrogens with one attached hydrogen (secondary N) is 2. The van der Waals surface area contributed by atoms with E-state index in [1.807, 2.05) is 74.4 Å². The van der Waals surface area contributed by atoms with Gasteiger partial charge in [0.1, 0.15) is 6.61 Å². The number of hydrogen-bond donors (Lipinski definition) is 2. The Balaban J connectivity index is 1.92. The van der Waals surface area contributed by atoms with E-state index in [1.165, 1.54) is 0 Å². The van der Waals surface area contributed by atoms with Crippen LogP contribution in [0.15, 0.2) is 42.5 Å². The van der Waals surface area contributed by atoms with Crippen molar-refractivity contribution < 1.29 is 33.2 Å². The Hall–Kier alpha value is -4.07. The number of alkyl carbamates (subject to hydrolysis) is 1. The van der Waals surface area contributed by atoms with E-state index in [0.29, 0.717) is 40.9 Å². The molecule has 0 heterocycles. The van der Waals surface area contributed by atoms with Crippen molar-refractivity contribution in [2.45, 2.75) is 153 Å². The number of carbonyl (C=O) groups excluding carboxylic acids is 4. The minimum atomic E-state index is -4.48. The van der Waals surface area contributed by atoms with Crippen molar-refractivity contribution in [1.82, 2.24) is 10.6 Å². The van der Waals surface area contributed by atoms with Gasteiger partial charge in [-0.2, -0.15) is 0 Å². The van der Waals surface area contributed by atoms with E-state index in [-0.39, 0.29) is 41.0 Å². The average Bonchev–Trinajstić information content (AvgIpc) is 3.20. The highest BCUT2D eigenvalue weighted by molar-refractivity contribution is 8.01. The van der Waals surface area contributed by atoms with Gasteiger partial charge in [-0.25, -0.2) is 4.79 Å². The second kappa shape index (κ2) is 21.3. The normalized spacial score (nSPS) is 12.8. The lowest BCUT2D eigenvalue weighted by Crippen LogP contribution is -2.38. The highest BCUT2D eigenvalue weighted by Crippen LogP contribution is 2.53. The van der Waals surface area contributed by atoms with Gasteiger partial charge in [-0.1, -0.05) is 95.5 Å². The van der Waals surface area contributed by atoms with Crippen molar-refractivity contribution in [3.05, 3.63) is 98.1 Å². The molecule has 0 radical (unpaired) electrons. The summed E-state index contributed by atoms with van der Waals surface area (Å²) in [6.07, 6.45) is 5.99. The van der Waals surface area contributed by atoms with Crippen LogP contribution in [-0.2, 0) is 32.0 Å². The topological polar surface area (TPSA) is 128 Å². The van der Waals surface area contributed by atoms with Gasteiger partial charge in [0.25, 0.3) is 0 Å². The summed E-state index contributed by atoms with van der Waals surface area (Å²) in [6.45, 7) is 24.4. The largest absolute Gasteiger partial charge is 0.445 e. The fourth-order valence-corrected chi connectivity index (χ4v) is 10.1. The molecule has 1 unspecified atom stereocenters. The zero-order valence-corrected chi connectivity index (χ0v) is 38.2. The maximum Gasteiger partial charge on any atom is 0.407 e. The smallest absolute Gasteiger partial charge is 0.407 e. The van der Waals surface area contributed by atoms with Crippen molar-refractivity contribution in [2.75, 3.05) is 13.1 Å².